The Balaban J connectivity index is 0.000000186. The molecule has 2 aliphatic rings. The zero-order valence-corrected chi connectivity index (χ0v) is 39.9. The fourth-order valence-corrected chi connectivity index (χ4v) is 12.4. The Kier molecular flexibility index (Phi) is 15.3. The van der Waals surface area contributed by atoms with Crippen molar-refractivity contribution in [2.24, 2.45) is 0 Å². The summed E-state index contributed by atoms with van der Waals surface area (Å²) in [6.45, 7) is 3.39. The van der Waals surface area contributed by atoms with Gasteiger partial charge in [-0.05, 0) is 77.9 Å². The normalized spacial score (nSPS) is 15.4. The lowest BCUT2D eigenvalue weighted by Crippen LogP contribution is -2.48. The molecule has 0 amide bonds. The smallest absolute Gasteiger partial charge is 0.243 e. The molecule has 0 radical (unpaired) electrons. The molecule has 62 heavy (non-hydrogen) atoms. The molecule has 4 heterocycles. The van der Waals surface area contributed by atoms with Crippen LogP contribution < -0.4 is 9.80 Å². The lowest BCUT2D eigenvalue weighted by atomic mass is 10.1. The highest BCUT2D eigenvalue weighted by Gasteiger charge is 2.31. The lowest BCUT2D eigenvalue weighted by molar-refractivity contribution is 0.384. The van der Waals surface area contributed by atoms with E-state index in [0.717, 1.165) is 32.8 Å². The standard InChI is InChI=1S/2C20H17Cl3FN3O2S2/c21-16-4-2-15(11-18(16)23)31(28,29)27-7-5-26(6-8-27)20-25-14(12-30-20)9-13-1-3-17(22)19(24)10-13;21-14-7-13(8-15(24)10-14)9-16-12-30-20(25-16)26-3-5-27(6-4-26)31(28,29)17-1-2-18(22)19(23)11-17/h1-4,10-12H,5-9H2;1-2,7-8,10-12H,3-6,9H2. The third kappa shape index (κ3) is 11.3. The van der Waals surface area contributed by atoms with Crippen molar-refractivity contribution in [3.63, 3.8) is 0 Å². The first-order chi connectivity index (χ1) is 29.5. The van der Waals surface area contributed by atoms with E-state index in [1.165, 1.54) is 91.9 Å². The van der Waals surface area contributed by atoms with Gasteiger partial charge in [0.2, 0.25) is 20.0 Å². The van der Waals surface area contributed by atoms with E-state index in [0.29, 0.717) is 80.3 Å². The summed E-state index contributed by atoms with van der Waals surface area (Å²) in [4.78, 5) is 13.6. The number of nitrogens with zero attached hydrogens (tertiary/aromatic N) is 6. The molecule has 2 saturated heterocycles. The zero-order valence-electron chi connectivity index (χ0n) is 32.1. The number of halogens is 8. The SMILES string of the molecule is O=S(=O)(c1ccc(Cl)c(Cl)c1)N1CCN(c2nc(Cc3cc(F)cc(Cl)c3)cs2)CC1.O=S(=O)(c1ccc(Cl)c(Cl)c1)N1CCN(c2nc(Cc3ccc(Cl)c(F)c3)cs2)CC1. The maximum atomic E-state index is 13.6. The number of hydrogen-bond donors (Lipinski definition) is 0. The molecule has 0 unspecified atom stereocenters. The van der Waals surface area contributed by atoms with Crippen LogP contribution in [0.5, 0.6) is 0 Å². The van der Waals surface area contributed by atoms with Crippen molar-refractivity contribution < 1.29 is 25.6 Å². The highest BCUT2D eigenvalue weighted by molar-refractivity contribution is 7.89. The second-order valence-electron chi connectivity index (χ2n) is 14.1. The molecule has 8 rings (SSSR count). The largest absolute Gasteiger partial charge is 0.345 e. The average molecular weight is 1040 g/mol. The Morgan fingerprint density at radius 2 is 0.968 bits per heavy atom. The van der Waals surface area contributed by atoms with Crippen LogP contribution in [-0.4, -0.2) is 87.8 Å². The Labute approximate surface area is 396 Å². The molecule has 0 N–H and O–H groups in total. The Morgan fingerprint density at radius 1 is 0.516 bits per heavy atom. The number of benzene rings is 4. The summed E-state index contributed by atoms with van der Waals surface area (Å²) in [6.07, 6.45) is 0.968. The Morgan fingerprint density at radius 3 is 1.40 bits per heavy atom. The van der Waals surface area contributed by atoms with E-state index in [1.54, 1.807) is 12.1 Å². The van der Waals surface area contributed by atoms with Crippen molar-refractivity contribution in [3.05, 3.63) is 148 Å². The fourth-order valence-electron chi connectivity index (χ4n) is 6.64. The van der Waals surface area contributed by atoms with Crippen molar-refractivity contribution in [1.29, 1.82) is 0 Å². The van der Waals surface area contributed by atoms with Gasteiger partial charge in [-0.2, -0.15) is 8.61 Å². The maximum Gasteiger partial charge on any atom is 0.243 e. The number of anilines is 2. The molecule has 22 heteroatoms. The molecular formula is C40H34Cl6F2N6O4S4. The second-order valence-corrected chi connectivity index (χ2v) is 22.1. The molecule has 2 fully saturated rings. The fraction of sp³-hybridized carbons (Fsp3) is 0.250. The van der Waals surface area contributed by atoms with Crippen LogP contribution in [0.4, 0.5) is 19.0 Å². The predicted octanol–water partition coefficient (Wildman–Crippen LogP) is 10.7. The monoisotopic (exact) mass is 1040 g/mol. The van der Waals surface area contributed by atoms with Crippen LogP contribution in [0.15, 0.2) is 93.3 Å². The molecule has 2 aromatic heterocycles. The summed E-state index contributed by atoms with van der Waals surface area (Å²) in [5, 5.41) is 6.96. The number of sulfonamides is 2. The number of piperazine rings is 2. The molecule has 6 aromatic rings. The summed E-state index contributed by atoms with van der Waals surface area (Å²) in [5.41, 5.74) is 3.18. The summed E-state index contributed by atoms with van der Waals surface area (Å²) in [6, 6.07) is 17.8. The summed E-state index contributed by atoms with van der Waals surface area (Å²) in [5.74, 6) is -0.828. The molecule has 0 aliphatic carbocycles. The average Bonchev–Trinajstić information content (AvgIpc) is 3.91. The number of rotatable bonds is 10. The van der Waals surface area contributed by atoms with Crippen LogP contribution >= 0.6 is 92.3 Å². The van der Waals surface area contributed by atoms with Crippen LogP contribution in [0, 0.1) is 11.6 Å². The molecule has 10 nitrogen and oxygen atoms in total. The van der Waals surface area contributed by atoms with E-state index >= 15 is 0 Å². The van der Waals surface area contributed by atoms with Gasteiger partial charge >= 0.3 is 0 Å². The van der Waals surface area contributed by atoms with Gasteiger partial charge in [-0.3, -0.25) is 0 Å². The summed E-state index contributed by atoms with van der Waals surface area (Å²) < 4.78 is 81.7. The van der Waals surface area contributed by atoms with Gasteiger partial charge in [-0.15, -0.1) is 22.7 Å². The molecule has 0 atom stereocenters. The minimum atomic E-state index is -3.65. The van der Waals surface area contributed by atoms with Gasteiger partial charge in [-0.1, -0.05) is 75.7 Å². The van der Waals surface area contributed by atoms with Gasteiger partial charge in [0, 0.05) is 81.0 Å². The number of hydrogen-bond acceptors (Lipinski definition) is 10. The van der Waals surface area contributed by atoms with Crippen molar-refractivity contribution in [3.8, 4) is 0 Å². The van der Waals surface area contributed by atoms with Crippen molar-refractivity contribution in [1.82, 2.24) is 18.6 Å². The van der Waals surface area contributed by atoms with E-state index in [9.17, 15) is 25.6 Å². The van der Waals surface area contributed by atoms with Crippen LogP contribution in [0.3, 0.4) is 0 Å². The summed E-state index contributed by atoms with van der Waals surface area (Å²) in [7, 11) is -7.30. The minimum absolute atomic E-state index is 0.0939. The number of aromatic nitrogens is 2. The minimum Gasteiger partial charge on any atom is -0.345 e. The van der Waals surface area contributed by atoms with Gasteiger partial charge in [0.05, 0.1) is 46.3 Å². The summed E-state index contributed by atoms with van der Waals surface area (Å²) >= 11 is 38.4. The van der Waals surface area contributed by atoms with E-state index in [1.807, 2.05) is 15.7 Å². The van der Waals surface area contributed by atoms with Crippen molar-refractivity contribution in [2.45, 2.75) is 22.6 Å². The van der Waals surface area contributed by atoms with E-state index < -0.39 is 25.9 Å². The first kappa shape index (κ1) is 47.1. The lowest BCUT2D eigenvalue weighted by Gasteiger charge is -2.33. The Hall–Kier alpha value is -2.84. The third-order valence-corrected chi connectivity index (χ3v) is 17.5. The van der Waals surface area contributed by atoms with E-state index in [2.05, 4.69) is 14.9 Å². The molecule has 0 saturated carbocycles. The second kappa shape index (κ2) is 20.1. The predicted molar refractivity (Wildman–Crippen MR) is 248 cm³/mol. The van der Waals surface area contributed by atoms with Crippen molar-refractivity contribution >= 4 is 123 Å². The van der Waals surface area contributed by atoms with Gasteiger partial charge in [0.15, 0.2) is 10.3 Å². The first-order valence-electron chi connectivity index (χ1n) is 18.6. The molecular weight excluding hydrogens is 1010 g/mol. The van der Waals surface area contributed by atoms with Gasteiger partial charge in [0.1, 0.15) is 11.6 Å². The molecule has 4 aromatic carbocycles. The van der Waals surface area contributed by atoms with Crippen LogP contribution in [0.1, 0.15) is 22.5 Å². The zero-order chi connectivity index (χ0) is 44.3. The first-order valence-corrected chi connectivity index (χ1v) is 25.5. The Bertz CT molecular complexity index is 2780. The van der Waals surface area contributed by atoms with E-state index in [4.69, 9.17) is 69.6 Å². The van der Waals surface area contributed by atoms with Crippen LogP contribution in [-0.2, 0) is 32.9 Å². The highest BCUT2D eigenvalue weighted by Crippen LogP contribution is 2.31. The van der Waals surface area contributed by atoms with Crippen LogP contribution in [0.2, 0.25) is 30.1 Å². The van der Waals surface area contributed by atoms with Crippen LogP contribution in [0.25, 0.3) is 0 Å². The van der Waals surface area contributed by atoms with Gasteiger partial charge in [-0.25, -0.2) is 35.6 Å². The third-order valence-electron chi connectivity index (χ3n) is 9.83. The number of thiazole rings is 2. The topological polar surface area (TPSA) is 107 Å². The molecule has 2 aliphatic heterocycles. The maximum absolute atomic E-state index is 13.6. The quantitative estimate of drug-likeness (QED) is 0.134. The molecule has 0 spiro atoms. The molecule has 328 valence electrons. The van der Waals surface area contributed by atoms with Gasteiger partial charge in [0.25, 0.3) is 0 Å². The highest BCUT2D eigenvalue weighted by atomic mass is 35.5. The van der Waals surface area contributed by atoms with Gasteiger partial charge < -0.3 is 9.80 Å². The molecule has 0 bridgehead atoms. The van der Waals surface area contributed by atoms with E-state index in [-0.39, 0.29) is 30.7 Å². The van der Waals surface area contributed by atoms with Crippen molar-refractivity contribution in [2.75, 3.05) is 62.2 Å².